The highest BCUT2D eigenvalue weighted by Gasteiger charge is 2.26. The maximum absolute atomic E-state index is 13.4. The van der Waals surface area contributed by atoms with E-state index in [1.165, 1.54) is 49.0 Å². The number of rotatable bonds is 7. The molecule has 11 heteroatoms. The summed E-state index contributed by atoms with van der Waals surface area (Å²) in [5, 5.41) is 9.72. The Hall–Kier alpha value is -3.02. The number of pyridine rings is 1. The molecule has 2 aromatic carbocycles. The SMILES string of the molecule is CSc1cc(Oc2ncc(F)cc2C(C)=O)ccc1F.Cc1ccc(O)c(S(=O)(=O)NC2CCC(C)CC2)c1. The number of nitrogens with zero attached hydrogens (tertiary/aromatic N) is 1. The fourth-order valence-electron chi connectivity index (χ4n) is 4.07. The van der Waals surface area contributed by atoms with Crippen LogP contribution in [0.3, 0.4) is 0 Å². The van der Waals surface area contributed by atoms with Crippen molar-refractivity contribution in [2.75, 3.05) is 6.26 Å². The summed E-state index contributed by atoms with van der Waals surface area (Å²) in [7, 11) is -3.63. The molecule has 0 saturated heterocycles. The maximum atomic E-state index is 13.4. The number of carbonyl (C=O) groups excluding carboxylic acids is 1. The van der Waals surface area contributed by atoms with Crippen molar-refractivity contribution in [3.05, 3.63) is 71.4 Å². The third kappa shape index (κ3) is 8.48. The molecule has 1 aliphatic rings. The van der Waals surface area contributed by atoms with E-state index < -0.39 is 15.8 Å². The van der Waals surface area contributed by atoms with Crippen LogP contribution in [-0.2, 0) is 10.0 Å². The van der Waals surface area contributed by atoms with Gasteiger partial charge >= 0.3 is 0 Å². The van der Waals surface area contributed by atoms with Crippen molar-refractivity contribution < 1.29 is 31.8 Å². The first-order chi connectivity index (χ1) is 18.4. The summed E-state index contributed by atoms with van der Waals surface area (Å²) in [6.07, 6.45) is 6.53. The first kappa shape index (κ1) is 30.5. The van der Waals surface area contributed by atoms with E-state index >= 15 is 0 Å². The Labute approximate surface area is 232 Å². The van der Waals surface area contributed by atoms with E-state index in [9.17, 15) is 27.1 Å². The number of aryl methyl sites for hydroxylation is 1. The summed E-state index contributed by atoms with van der Waals surface area (Å²) < 4.78 is 59.2. The van der Waals surface area contributed by atoms with Crippen molar-refractivity contribution >= 4 is 27.6 Å². The fraction of sp³-hybridized carbons (Fsp3) is 0.357. The Morgan fingerprint density at radius 1 is 1.10 bits per heavy atom. The molecule has 1 aromatic heterocycles. The molecule has 39 heavy (non-hydrogen) atoms. The summed E-state index contributed by atoms with van der Waals surface area (Å²) in [5.74, 6) is -0.528. The highest BCUT2D eigenvalue weighted by Crippen LogP contribution is 2.30. The molecule has 7 nitrogen and oxygen atoms in total. The highest BCUT2D eigenvalue weighted by atomic mass is 32.2. The lowest BCUT2D eigenvalue weighted by Crippen LogP contribution is -2.37. The average Bonchev–Trinajstić information content (AvgIpc) is 2.89. The van der Waals surface area contributed by atoms with E-state index in [2.05, 4.69) is 16.6 Å². The predicted molar refractivity (Wildman–Crippen MR) is 147 cm³/mol. The molecule has 210 valence electrons. The number of Topliss-reactive ketones (excluding diaryl/α,β-unsaturated/α-hetero) is 1. The van der Waals surface area contributed by atoms with Gasteiger partial charge in [0.05, 0.1) is 11.8 Å². The molecule has 1 saturated carbocycles. The maximum Gasteiger partial charge on any atom is 0.244 e. The second kappa shape index (κ2) is 13.4. The van der Waals surface area contributed by atoms with Crippen LogP contribution in [0.5, 0.6) is 17.4 Å². The lowest BCUT2D eigenvalue weighted by molar-refractivity contribution is 0.101. The second-order valence-corrected chi connectivity index (χ2v) is 12.0. The zero-order chi connectivity index (χ0) is 28.7. The van der Waals surface area contributed by atoms with E-state index in [-0.39, 0.29) is 39.7 Å². The number of aromatic nitrogens is 1. The van der Waals surface area contributed by atoms with Crippen molar-refractivity contribution in [2.45, 2.75) is 62.3 Å². The van der Waals surface area contributed by atoms with Gasteiger partial charge in [-0.15, -0.1) is 11.8 Å². The molecule has 0 spiro atoms. The molecule has 0 radical (unpaired) electrons. The Balaban J connectivity index is 0.000000216. The van der Waals surface area contributed by atoms with Crippen molar-refractivity contribution in [3.63, 3.8) is 0 Å². The van der Waals surface area contributed by atoms with Gasteiger partial charge in [0, 0.05) is 10.9 Å². The quantitative estimate of drug-likeness (QED) is 0.239. The molecule has 0 amide bonds. The van der Waals surface area contributed by atoms with Crippen molar-refractivity contribution in [1.82, 2.24) is 9.71 Å². The molecule has 0 aliphatic heterocycles. The van der Waals surface area contributed by atoms with Crippen LogP contribution in [0, 0.1) is 24.5 Å². The number of hydrogen-bond acceptors (Lipinski definition) is 7. The molecular formula is C28H32F2N2O5S2. The van der Waals surface area contributed by atoms with Gasteiger partial charge in [-0.25, -0.2) is 26.9 Å². The van der Waals surface area contributed by atoms with Gasteiger partial charge < -0.3 is 9.84 Å². The van der Waals surface area contributed by atoms with Gasteiger partial charge in [-0.2, -0.15) is 0 Å². The second-order valence-electron chi connectivity index (χ2n) is 9.51. The molecule has 0 bridgehead atoms. The monoisotopic (exact) mass is 578 g/mol. The largest absolute Gasteiger partial charge is 0.507 e. The predicted octanol–water partition coefficient (Wildman–Crippen LogP) is 6.63. The van der Waals surface area contributed by atoms with Crippen LogP contribution in [-0.4, -0.2) is 36.6 Å². The van der Waals surface area contributed by atoms with Gasteiger partial charge in [-0.05, 0) is 93.7 Å². The van der Waals surface area contributed by atoms with Crippen molar-refractivity contribution in [3.8, 4) is 17.4 Å². The minimum atomic E-state index is -3.63. The summed E-state index contributed by atoms with van der Waals surface area (Å²) in [4.78, 5) is 15.6. The standard InChI is InChI=1S/C14H11F2NO2S.C14H21NO3S/c1-8(18)11-5-9(15)7-17-14(11)19-10-3-4-12(16)13(6-10)20-2;1-10-3-6-12(7-4-10)15-19(17,18)14-9-11(2)5-8-13(14)16/h3-7H,1-2H3;5,8-10,12,15-16H,3-4,6-7H2,1-2H3. The van der Waals surface area contributed by atoms with Crippen LogP contribution in [0.2, 0.25) is 0 Å². The first-order valence-corrected chi connectivity index (χ1v) is 15.1. The number of carbonyl (C=O) groups is 1. The van der Waals surface area contributed by atoms with Crippen LogP contribution in [0.4, 0.5) is 8.78 Å². The molecule has 0 unspecified atom stereocenters. The molecule has 0 atom stereocenters. The minimum Gasteiger partial charge on any atom is -0.507 e. The van der Waals surface area contributed by atoms with Gasteiger partial charge in [-0.3, -0.25) is 4.79 Å². The first-order valence-electron chi connectivity index (χ1n) is 12.4. The van der Waals surface area contributed by atoms with Crippen LogP contribution < -0.4 is 9.46 Å². The number of phenolic OH excluding ortho intramolecular Hbond substituents is 1. The molecule has 2 N–H and O–H groups in total. The van der Waals surface area contributed by atoms with Crippen LogP contribution in [0.25, 0.3) is 0 Å². The molecule has 1 aliphatic carbocycles. The fourth-order valence-corrected chi connectivity index (χ4v) is 6.06. The Bertz CT molecular complexity index is 1430. The zero-order valence-corrected chi connectivity index (χ0v) is 23.8. The van der Waals surface area contributed by atoms with E-state index in [0.29, 0.717) is 16.6 Å². The summed E-state index contributed by atoms with van der Waals surface area (Å²) in [5.41, 5.74) is 0.857. The summed E-state index contributed by atoms with van der Waals surface area (Å²) in [6.45, 7) is 5.29. The number of benzene rings is 2. The third-order valence-electron chi connectivity index (χ3n) is 6.28. The van der Waals surface area contributed by atoms with E-state index in [1.54, 1.807) is 19.2 Å². The molecule has 1 heterocycles. The van der Waals surface area contributed by atoms with E-state index in [0.717, 1.165) is 43.5 Å². The summed E-state index contributed by atoms with van der Waals surface area (Å²) in [6, 6.07) is 9.84. The third-order valence-corrected chi connectivity index (χ3v) is 8.58. The number of halogens is 2. The number of phenols is 1. The molecular weight excluding hydrogens is 546 g/mol. The summed E-state index contributed by atoms with van der Waals surface area (Å²) >= 11 is 1.23. The van der Waals surface area contributed by atoms with Crippen LogP contribution in [0.1, 0.15) is 55.5 Å². The Morgan fingerprint density at radius 2 is 1.79 bits per heavy atom. The van der Waals surface area contributed by atoms with Gasteiger partial charge in [0.25, 0.3) is 0 Å². The lowest BCUT2D eigenvalue weighted by Gasteiger charge is -2.26. The van der Waals surface area contributed by atoms with Crippen molar-refractivity contribution in [2.24, 2.45) is 5.92 Å². The smallest absolute Gasteiger partial charge is 0.244 e. The van der Waals surface area contributed by atoms with Gasteiger partial charge in [0.2, 0.25) is 15.9 Å². The minimum absolute atomic E-state index is 0.00226. The number of hydrogen-bond donors (Lipinski definition) is 2. The van der Waals surface area contributed by atoms with Crippen LogP contribution in [0.15, 0.2) is 58.5 Å². The highest BCUT2D eigenvalue weighted by molar-refractivity contribution is 7.98. The number of ketones is 1. The number of aromatic hydroxyl groups is 1. The molecule has 1 fully saturated rings. The van der Waals surface area contributed by atoms with E-state index in [1.807, 2.05) is 0 Å². The average molecular weight is 579 g/mol. The number of sulfonamides is 1. The normalized spacial score (nSPS) is 17.2. The molecule has 3 aromatic rings. The Kier molecular flexibility index (Phi) is 10.5. The number of thioether (sulfide) groups is 1. The number of ether oxygens (including phenoxy) is 1. The number of nitrogens with one attached hydrogen (secondary N) is 1. The van der Waals surface area contributed by atoms with Gasteiger partial charge in [0.15, 0.2) is 5.78 Å². The van der Waals surface area contributed by atoms with Crippen molar-refractivity contribution in [1.29, 1.82) is 0 Å². The Morgan fingerprint density at radius 3 is 2.44 bits per heavy atom. The lowest BCUT2D eigenvalue weighted by atomic mass is 9.88. The van der Waals surface area contributed by atoms with Gasteiger partial charge in [0.1, 0.15) is 28.0 Å². The topological polar surface area (TPSA) is 106 Å². The van der Waals surface area contributed by atoms with Crippen LogP contribution >= 0.6 is 11.8 Å². The zero-order valence-electron chi connectivity index (χ0n) is 22.2. The molecule has 4 rings (SSSR count). The van der Waals surface area contributed by atoms with E-state index in [4.69, 9.17) is 4.74 Å². The van der Waals surface area contributed by atoms with Gasteiger partial charge in [-0.1, -0.05) is 13.0 Å².